The van der Waals surface area contributed by atoms with Gasteiger partial charge in [0.05, 0.1) is 30.0 Å². The second-order valence-electron chi connectivity index (χ2n) is 4.60. The number of aliphatic carboxylic acids is 1. The first-order valence-electron chi connectivity index (χ1n) is 6.78. The number of carboxylic acid groups (broad SMARTS) is 1. The van der Waals surface area contributed by atoms with Crippen LogP contribution in [0.3, 0.4) is 0 Å². The van der Waals surface area contributed by atoms with Crippen molar-refractivity contribution in [2.45, 2.75) is 46.2 Å². The Balaban J connectivity index is 2.06. The van der Waals surface area contributed by atoms with E-state index in [2.05, 4.69) is 35.3 Å². The van der Waals surface area contributed by atoms with E-state index >= 15 is 0 Å². The van der Waals surface area contributed by atoms with Crippen molar-refractivity contribution >= 4 is 5.97 Å². The molecule has 2 heterocycles. The van der Waals surface area contributed by atoms with Gasteiger partial charge < -0.3 is 5.11 Å². The minimum Gasteiger partial charge on any atom is -0.481 e. The summed E-state index contributed by atoms with van der Waals surface area (Å²) in [5, 5.41) is 21.2. The number of aryl methyl sites for hydroxylation is 3. The lowest BCUT2D eigenvalue weighted by molar-refractivity contribution is -0.136. The summed E-state index contributed by atoms with van der Waals surface area (Å²) in [5.74, 6) is -0.823. The van der Waals surface area contributed by atoms with Gasteiger partial charge in [0.15, 0.2) is 0 Å². The molecule has 0 aromatic carbocycles. The summed E-state index contributed by atoms with van der Waals surface area (Å²) >= 11 is 0. The third kappa shape index (κ3) is 3.43. The zero-order valence-electron chi connectivity index (χ0n) is 11.8. The number of rotatable bonds is 7. The number of nitrogens with zero attached hydrogens (tertiary/aromatic N) is 5. The Kier molecular flexibility index (Phi) is 4.49. The molecule has 0 amide bonds. The molecule has 1 N–H and O–H groups in total. The van der Waals surface area contributed by atoms with E-state index in [1.165, 1.54) is 0 Å². The first kappa shape index (κ1) is 14.2. The molecule has 0 aliphatic heterocycles. The van der Waals surface area contributed by atoms with Crippen molar-refractivity contribution in [3.63, 3.8) is 0 Å². The summed E-state index contributed by atoms with van der Waals surface area (Å²) < 4.78 is 3.68. The highest BCUT2D eigenvalue weighted by Crippen LogP contribution is 2.08. The average Bonchev–Trinajstić information content (AvgIpc) is 3.03. The van der Waals surface area contributed by atoms with Crippen LogP contribution in [0.5, 0.6) is 0 Å². The molecule has 0 radical (unpaired) electrons. The highest BCUT2D eigenvalue weighted by molar-refractivity contribution is 5.66. The van der Waals surface area contributed by atoms with Gasteiger partial charge in [0.25, 0.3) is 0 Å². The van der Waals surface area contributed by atoms with Crippen LogP contribution in [0.15, 0.2) is 12.3 Å². The zero-order valence-corrected chi connectivity index (χ0v) is 11.8. The SMILES string of the molecule is CCc1cc(Cn2cc(CCC(=O)O)nn2)n(CC)n1. The molecule has 2 aromatic rings. The highest BCUT2D eigenvalue weighted by atomic mass is 16.4. The van der Waals surface area contributed by atoms with Crippen LogP contribution in [0.25, 0.3) is 0 Å². The van der Waals surface area contributed by atoms with E-state index in [1.807, 2.05) is 4.68 Å². The van der Waals surface area contributed by atoms with Gasteiger partial charge in [-0.2, -0.15) is 5.10 Å². The molecule has 2 aromatic heterocycles. The van der Waals surface area contributed by atoms with Gasteiger partial charge in [0.1, 0.15) is 0 Å². The van der Waals surface area contributed by atoms with Crippen LogP contribution >= 0.6 is 0 Å². The standard InChI is InChI=1S/C13H19N5O2/c1-3-10-7-12(18(4-2)15-10)9-17-8-11(14-16-17)5-6-13(19)20/h7-8H,3-6,9H2,1-2H3,(H,19,20). The van der Waals surface area contributed by atoms with Gasteiger partial charge in [-0.1, -0.05) is 12.1 Å². The molecule has 7 heteroatoms. The van der Waals surface area contributed by atoms with Gasteiger partial charge in [-0.15, -0.1) is 5.10 Å². The van der Waals surface area contributed by atoms with Crippen molar-refractivity contribution in [2.75, 3.05) is 0 Å². The zero-order chi connectivity index (χ0) is 14.5. The summed E-state index contributed by atoms with van der Waals surface area (Å²) in [6.07, 6.45) is 3.18. The van der Waals surface area contributed by atoms with Gasteiger partial charge in [0, 0.05) is 19.2 Å². The summed E-state index contributed by atoms with van der Waals surface area (Å²) in [6, 6.07) is 2.07. The number of hydrogen-bond acceptors (Lipinski definition) is 4. The maximum absolute atomic E-state index is 10.5. The molecule has 0 unspecified atom stereocenters. The van der Waals surface area contributed by atoms with Gasteiger partial charge in [-0.3, -0.25) is 9.48 Å². The fraction of sp³-hybridized carbons (Fsp3) is 0.538. The third-order valence-electron chi connectivity index (χ3n) is 3.08. The second-order valence-corrected chi connectivity index (χ2v) is 4.60. The fourth-order valence-corrected chi connectivity index (χ4v) is 2.02. The van der Waals surface area contributed by atoms with Crippen LogP contribution in [0, 0.1) is 0 Å². The minimum atomic E-state index is -0.823. The first-order chi connectivity index (χ1) is 9.62. The van der Waals surface area contributed by atoms with Gasteiger partial charge >= 0.3 is 5.97 Å². The predicted octanol–water partition coefficient (Wildman–Crippen LogP) is 1.12. The summed E-state index contributed by atoms with van der Waals surface area (Å²) in [4.78, 5) is 10.5. The third-order valence-corrected chi connectivity index (χ3v) is 3.08. The molecule has 0 atom stereocenters. The van der Waals surface area contributed by atoms with E-state index in [4.69, 9.17) is 5.11 Å². The molecule has 0 bridgehead atoms. The summed E-state index contributed by atoms with van der Waals surface area (Å²) in [5.41, 5.74) is 2.85. The van der Waals surface area contributed by atoms with Gasteiger partial charge in [-0.25, -0.2) is 4.68 Å². The molecule has 108 valence electrons. The van der Waals surface area contributed by atoms with E-state index < -0.39 is 5.97 Å². The lowest BCUT2D eigenvalue weighted by Gasteiger charge is -2.03. The normalized spacial score (nSPS) is 10.9. The minimum absolute atomic E-state index is 0.0750. The molecular weight excluding hydrogens is 258 g/mol. The molecule has 0 aliphatic rings. The van der Waals surface area contributed by atoms with Crippen LogP contribution < -0.4 is 0 Å². The molecule has 2 rings (SSSR count). The molecule has 20 heavy (non-hydrogen) atoms. The monoisotopic (exact) mass is 277 g/mol. The van der Waals surface area contributed by atoms with Crippen molar-refractivity contribution in [1.29, 1.82) is 0 Å². The van der Waals surface area contributed by atoms with Crippen LogP contribution in [-0.2, 0) is 30.7 Å². The van der Waals surface area contributed by atoms with Crippen molar-refractivity contribution in [2.24, 2.45) is 0 Å². The predicted molar refractivity (Wildman–Crippen MR) is 72.4 cm³/mol. The van der Waals surface area contributed by atoms with Gasteiger partial charge in [-0.05, 0) is 19.4 Å². The maximum Gasteiger partial charge on any atom is 0.303 e. The van der Waals surface area contributed by atoms with E-state index in [-0.39, 0.29) is 6.42 Å². The maximum atomic E-state index is 10.5. The van der Waals surface area contributed by atoms with Crippen LogP contribution in [0.1, 0.15) is 37.4 Å². The quantitative estimate of drug-likeness (QED) is 0.819. The first-order valence-corrected chi connectivity index (χ1v) is 6.78. The molecule has 0 saturated carbocycles. The van der Waals surface area contributed by atoms with Crippen LogP contribution in [0.4, 0.5) is 0 Å². The number of aromatic nitrogens is 5. The topological polar surface area (TPSA) is 85.8 Å². The van der Waals surface area contributed by atoms with E-state index in [0.717, 1.165) is 24.4 Å². The average molecular weight is 277 g/mol. The Hall–Kier alpha value is -2.18. The number of carboxylic acids is 1. The van der Waals surface area contributed by atoms with E-state index in [0.29, 0.717) is 18.7 Å². The Labute approximate surface area is 117 Å². The van der Waals surface area contributed by atoms with E-state index in [1.54, 1.807) is 10.9 Å². The molecule has 0 aliphatic carbocycles. The summed E-state index contributed by atoms with van der Waals surface area (Å²) in [7, 11) is 0. The summed E-state index contributed by atoms with van der Waals surface area (Å²) in [6.45, 7) is 5.54. The number of carbonyl (C=O) groups is 1. The molecule has 0 fully saturated rings. The largest absolute Gasteiger partial charge is 0.481 e. The van der Waals surface area contributed by atoms with Crippen molar-refractivity contribution in [3.05, 3.63) is 29.3 Å². The second kappa shape index (κ2) is 6.31. The van der Waals surface area contributed by atoms with Crippen molar-refractivity contribution in [1.82, 2.24) is 24.8 Å². The van der Waals surface area contributed by atoms with Crippen molar-refractivity contribution in [3.8, 4) is 0 Å². The highest BCUT2D eigenvalue weighted by Gasteiger charge is 2.09. The molecule has 7 nitrogen and oxygen atoms in total. The Morgan fingerprint density at radius 2 is 2.15 bits per heavy atom. The number of hydrogen-bond donors (Lipinski definition) is 1. The molecular formula is C13H19N5O2. The lowest BCUT2D eigenvalue weighted by Crippen LogP contribution is -2.08. The van der Waals surface area contributed by atoms with Crippen molar-refractivity contribution < 1.29 is 9.90 Å². The molecule has 0 saturated heterocycles. The smallest absolute Gasteiger partial charge is 0.303 e. The van der Waals surface area contributed by atoms with E-state index in [9.17, 15) is 4.79 Å². The van der Waals surface area contributed by atoms with Gasteiger partial charge in [0.2, 0.25) is 0 Å². The van der Waals surface area contributed by atoms with Crippen LogP contribution in [-0.4, -0.2) is 35.9 Å². The Morgan fingerprint density at radius 1 is 1.35 bits per heavy atom. The van der Waals surface area contributed by atoms with Crippen LogP contribution in [0.2, 0.25) is 0 Å². The Morgan fingerprint density at radius 3 is 2.80 bits per heavy atom. The fourth-order valence-electron chi connectivity index (χ4n) is 2.02. The molecule has 0 spiro atoms. The Bertz CT molecular complexity index is 587. The lowest BCUT2D eigenvalue weighted by atomic mass is 10.2.